The van der Waals surface area contributed by atoms with E-state index in [9.17, 15) is 0 Å². The fraction of sp³-hybridized carbons (Fsp3) is 0.385. The number of H-pyrrole nitrogens is 1. The van der Waals surface area contributed by atoms with Crippen LogP contribution < -0.4 is 5.32 Å². The van der Waals surface area contributed by atoms with E-state index in [4.69, 9.17) is 0 Å². The Morgan fingerprint density at radius 2 is 2.20 bits per heavy atom. The summed E-state index contributed by atoms with van der Waals surface area (Å²) >= 11 is 0. The van der Waals surface area contributed by atoms with Gasteiger partial charge in [-0.15, -0.1) is 0 Å². The molecule has 2 aromatic rings. The van der Waals surface area contributed by atoms with E-state index in [0.29, 0.717) is 0 Å². The van der Waals surface area contributed by atoms with Crippen LogP contribution in [0, 0.1) is 0 Å². The maximum atomic E-state index is 3.60. The fourth-order valence-corrected chi connectivity index (χ4v) is 2.17. The maximum absolute atomic E-state index is 3.60. The molecule has 1 fully saturated rings. The Bertz CT molecular complexity index is 454. The second-order valence-corrected chi connectivity index (χ2v) is 4.36. The zero-order chi connectivity index (χ0) is 10.1. The lowest BCUT2D eigenvalue weighted by atomic mass is 9.93. The summed E-state index contributed by atoms with van der Waals surface area (Å²) in [5.41, 5.74) is 2.64. The summed E-state index contributed by atoms with van der Waals surface area (Å²) in [4.78, 5) is 3.25. The standard InChI is InChI=1S/C13H16N2/c1-3-10(9-15-11-4-2-5-11)12-7-8-14-13(12)6-1/h1,3,6-8,11,14-15H,2,4-5,9H2. The Morgan fingerprint density at radius 1 is 1.27 bits per heavy atom. The zero-order valence-corrected chi connectivity index (χ0v) is 8.79. The topological polar surface area (TPSA) is 27.8 Å². The van der Waals surface area contributed by atoms with Crippen molar-refractivity contribution in [2.75, 3.05) is 0 Å². The molecule has 78 valence electrons. The van der Waals surface area contributed by atoms with Crippen LogP contribution in [0.2, 0.25) is 0 Å². The molecule has 0 spiro atoms. The summed E-state index contributed by atoms with van der Waals surface area (Å²) < 4.78 is 0. The van der Waals surface area contributed by atoms with Crippen LogP contribution in [-0.4, -0.2) is 11.0 Å². The van der Waals surface area contributed by atoms with Crippen molar-refractivity contribution in [1.29, 1.82) is 0 Å². The van der Waals surface area contributed by atoms with Gasteiger partial charge in [-0.3, -0.25) is 0 Å². The molecular weight excluding hydrogens is 184 g/mol. The molecule has 1 aliphatic rings. The molecule has 0 atom stereocenters. The first-order valence-electron chi connectivity index (χ1n) is 5.72. The summed E-state index contributed by atoms with van der Waals surface area (Å²) in [6.45, 7) is 1.000. The first-order chi connectivity index (χ1) is 7.43. The SMILES string of the molecule is c1cc(CNC2CCC2)c2cc[nH]c2c1. The van der Waals surface area contributed by atoms with Crippen molar-refractivity contribution in [3.8, 4) is 0 Å². The Labute approximate surface area is 89.7 Å². The Kier molecular flexibility index (Phi) is 2.22. The van der Waals surface area contributed by atoms with Crippen molar-refractivity contribution >= 4 is 10.9 Å². The number of benzene rings is 1. The maximum Gasteiger partial charge on any atom is 0.0457 e. The fourth-order valence-electron chi connectivity index (χ4n) is 2.17. The van der Waals surface area contributed by atoms with E-state index in [-0.39, 0.29) is 0 Å². The van der Waals surface area contributed by atoms with Gasteiger partial charge < -0.3 is 10.3 Å². The van der Waals surface area contributed by atoms with Crippen molar-refractivity contribution in [3.63, 3.8) is 0 Å². The molecule has 0 bridgehead atoms. The predicted octanol–water partition coefficient (Wildman–Crippen LogP) is 2.81. The summed E-state index contributed by atoms with van der Waals surface area (Å²) in [5.74, 6) is 0. The Morgan fingerprint density at radius 3 is 3.00 bits per heavy atom. The second kappa shape index (κ2) is 3.70. The zero-order valence-electron chi connectivity index (χ0n) is 8.79. The van der Waals surface area contributed by atoms with E-state index >= 15 is 0 Å². The monoisotopic (exact) mass is 200 g/mol. The molecule has 1 aromatic heterocycles. The highest BCUT2D eigenvalue weighted by molar-refractivity contribution is 5.82. The normalized spacial score (nSPS) is 16.8. The second-order valence-electron chi connectivity index (χ2n) is 4.36. The number of rotatable bonds is 3. The van der Waals surface area contributed by atoms with Gasteiger partial charge in [-0.05, 0) is 30.5 Å². The van der Waals surface area contributed by atoms with E-state index in [1.807, 2.05) is 6.20 Å². The van der Waals surface area contributed by atoms with Gasteiger partial charge in [0, 0.05) is 29.7 Å². The van der Waals surface area contributed by atoms with Crippen LogP contribution in [0.25, 0.3) is 10.9 Å². The molecule has 0 amide bonds. The molecule has 1 heterocycles. The van der Waals surface area contributed by atoms with Crippen LogP contribution in [0.15, 0.2) is 30.5 Å². The number of aromatic amines is 1. The van der Waals surface area contributed by atoms with Gasteiger partial charge in [0.1, 0.15) is 0 Å². The van der Waals surface area contributed by atoms with Crippen molar-refractivity contribution in [2.24, 2.45) is 0 Å². The van der Waals surface area contributed by atoms with E-state index in [1.54, 1.807) is 0 Å². The van der Waals surface area contributed by atoms with E-state index in [2.05, 4.69) is 34.6 Å². The van der Waals surface area contributed by atoms with Crippen molar-refractivity contribution < 1.29 is 0 Å². The number of aromatic nitrogens is 1. The number of hydrogen-bond donors (Lipinski definition) is 2. The molecule has 2 nitrogen and oxygen atoms in total. The molecule has 3 rings (SSSR count). The minimum Gasteiger partial charge on any atom is -0.361 e. The molecule has 1 saturated carbocycles. The van der Waals surface area contributed by atoms with Gasteiger partial charge in [-0.2, -0.15) is 0 Å². The molecule has 2 heteroatoms. The lowest BCUT2D eigenvalue weighted by molar-refractivity contribution is 0.338. The molecule has 0 saturated heterocycles. The molecule has 0 aliphatic heterocycles. The lowest BCUT2D eigenvalue weighted by Gasteiger charge is -2.26. The van der Waals surface area contributed by atoms with Gasteiger partial charge in [0.05, 0.1) is 0 Å². The first-order valence-corrected chi connectivity index (χ1v) is 5.72. The molecule has 1 aliphatic carbocycles. The third-order valence-electron chi connectivity index (χ3n) is 3.37. The minimum atomic E-state index is 0.763. The summed E-state index contributed by atoms with van der Waals surface area (Å²) in [6, 6.07) is 9.38. The van der Waals surface area contributed by atoms with Crippen LogP contribution in [0.3, 0.4) is 0 Å². The third-order valence-corrected chi connectivity index (χ3v) is 3.37. The van der Waals surface area contributed by atoms with Gasteiger partial charge in [-0.25, -0.2) is 0 Å². The van der Waals surface area contributed by atoms with Gasteiger partial charge in [0.15, 0.2) is 0 Å². The van der Waals surface area contributed by atoms with Gasteiger partial charge in [-0.1, -0.05) is 18.6 Å². The first kappa shape index (κ1) is 8.98. The predicted molar refractivity (Wildman–Crippen MR) is 62.8 cm³/mol. The molecule has 0 radical (unpaired) electrons. The molecular formula is C13H16N2. The van der Waals surface area contributed by atoms with Crippen LogP contribution in [0.4, 0.5) is 0 Å². The van der Waals surface area contributed by atoms with Crippen LogP contribution >= 0.6 is 0 Å². The van der Waals surface area contributed by atoms with Crippen molar-refractivity contribution in [3.05, 3.63) is 36.0 Å². The van der Waals surface area contributed by atoms with Crippen LogP contribution in [0.5, 0.6) is 0 Å². The summed E-state index contributed by atoms with van der Waals surface area (Å²) in [5, 5.41) is 4.95. The summed E-state index contributed by atoms with van der Waals surface area (Å²) in [6.07, 6.45) is 6.11. The molecule has 1 aromatic carbocycles. The molecule has 2 N–H and O–H groups in total. The highest BCUT2D eigenvalue weighted by atomic mass is 14.9. The molecule has 15 heavy (non-hydrogen) atoms. The third kappa shape index (κ3) is 1.65. The average Bonchev–Trinajstić information content (AvgIpc) is 2.63. The Balaban J connectivity index is 1.80. The van der Waals surface area contributed by atoms with E-state index < -0.39 is 0 Å². The smallest absolute Gasteiger partial charge is 0.0457 e. The quantitative estimate of drug-likeness (QED) is 0.783. The lowest BCUT2D eigenvalue weighted by Crippen LogP contribution is -2.34. The highest BCUT2D eigenvalue weighted by Gasteiger charge is 2.16. The number of hydrogen-bond acceptors (Lipinski definition) is 1. The van der Waals surface area contributed by atoms with Crippen LogP contribution in [-0.2, 0) is 6.54 Å². The van der Waals surface area contributed by atoms with Crippen molar-refractivity contribution in [2.45, 2.75) is 31.8 Å². The van der Waals surface area contributed by atoms with Gasteiger partial charge in [0.25, 0.3) is 0 Å². The summed E-state index contributed by atoms with van der Waals surface area (Å²) in [7, 11) is 0. The van der Waals surface area contributed by atoms with Gasteiger partial charge in [0.2, 0.25) is 0 Å². The number of nitrogens with one attached hydrogen (secondary N) is 2. The average molecular weight is 200 g/mol. The van der Waals surface area contributed by atoms with E-state index in [1.165, 1.54) is 35.7 Å². The van der Waals surface area contributed by atoms with Gasteiger partial charge >= 0.3 is 0 Å². The highest BCUT2D eigenvalue weighted by Crippen LogP contribution is 2.21. The largest absolute Gasteiger partial charge is 0.361 e. The minimum absolute atomic E-state index is 0.763. The number of fused-ring (bicyclic) bond motifs is 1. The van der Waals surface area contributed by atoms with Crippen molar-refractivity contribution in [1.82, 2.24) is 10.3 Å². The molecule has 0 unspecified atom stereocenters. The van der Waals surface area contributed by atoms with E-state index in [0.717, 1.165) is 12.6 Å². The van der Waals surface area contributed by atoms with Crippen LogP contribution in [0.1, 0.15) is 24.8 Å². The Hall–Kier alpha value is -1.28.